The zero-order valence-electron chi connectivity index (χ0n) is 11.8. The molecule has 0 spiro atoms. The SMILES string of the molecule is CCNc1cnc(C(=O)NCc2cnn(C)c2C)cn1. The Kier molecular flexibility index (Phi) is 4.29. The number of carbonyl (C=O) groups excluding carboxylic acids is 1. The van der Waals surface area contributed by atoms with Gasteiger partial charge in [0.05, 0.1) is 18.6 Å². The van der Waals surface area contributed by atoms with Crippen LogP contribution in [-0.2, 0) is 13.6 Å². The molecule has 2 aromatic rings. The minimum Gasteiger partial charge on any atom is -0.369 e. The van der Waals surface area contributed by atoms with Crippen molar-refractivity contribution < 1.29 is 4.79 Å². The second kappa shape index (κ2) is 6.14. The van der Waals surface area contributed by atoms with Gasteiger partial charge in [0.15, 0.2) is 0 Å². The van der Waals surface area contributed by atoms with Gasteiger partial charge in [0.25, 0.3) is 5.91 Å². The number of nitrogens with zero attached hydrogens (tertiary/aromatic N) is 4. The summed E-state index contributed by atoms with van der Waals surface area (Å²) in [5, 5.41) is 9.96. The molecule has 0 saturated carbocycles. The van der Waals surface area contributed by atoms with Crippen molar-refractivity contribution in [1.82, 2.24) is 25.1 Å². The fourth-order valence-electron chi connectivity index (χ4n) is 1.70. The minimum atomic E-state index is -0.246. The zero-order chi connectivity index (χ0) is 14.5. The van der Waals surface area contributed by atoms with Crippen LogP contribution in [0.3, 0.4) is 0 Å². The van der Waals surface area contributed by atoms with Gasteiger partial charge in [0.1, 0.15) is 11.5 Å². The van der Waals surface area contributed by atoms with Gasteiger partial charge >= 0.3 is 0 Å². The number of aromatic nitrogens is 4. The van der Waals surface area contributed by atoms with E-state index in [9.17, 15) is 4.79 Å². The summed E-state index contributed by atoms with van der Waals surface area (Å²) in [5.41, 5.74) is 2.31. The van der Waals surface area contributed by atoms with Gasteiger partial charge in [-0.15, -0.1) is 0 Å². The first kappa shape index (κ1) is 14.0. The first-order valence-electron chi connectivity index (χ1n) is 6.43. The van der Waals surface area contributed by atoms with Crippen LogP contribution in [0, 0.1) is 6.92 Å². The lowest BCUT2D eigenvalue weighted by Crippen LogP contribution is -2.24. The standard InChI is InChI=1S/C13H18N6O/c1-4-14-12-8-15-11(7-16-12)13(20)17-5-10-6-18-19(3)9(10)2/h6-8H,4-5H2,1-3H3,(H,14,16)(H,17,20). The van der Waals surface area contributed by atoms with Gasteiger partial charge in [-0.2, -0.15) is 5.10 Å². The highest BCUT2D eigenvalue weighted by Crippen LogP contribution is 2.05. The Bertz CT molecular complexity index is 589. The van der Waals surface area contributed by atoms with Crippen LogP contribution in [0.1, 0.15) is 28.7 Å². The lowest BCUT2D eigenvalue weighted by molar-refractivity contribution is 0.0945. The number of rotatable bonds is 5. The third kappa shape index (κ3) is 3.11. The third-order valence-electron chi connectivity index (χ3n) is 3.02. The Hall–Kier alpha value is -2.44. The molecule has 7 nitrogen and oxygen atoms in total. The first-order valence-corrected chi connectivity index (χ1v) is 6.43. The molecule has 0 fully saturated rings. The lowest BCUT2D eigenvalue weighted by atomic mass is 10.2. The molecule has 0 radical (unpaired) electrons. The van der Waals surface area contributed by atoms with Crippen molar-refractivity contribution in [2.45, 2.75) is 20.4 Å². The van der Waals surface area contributed by atoms with Gasteiger partial charge in [-0.3, -0.25) is 9.48 Å². The molecule has 0 atom stereocenters. The lowest BCUT2D eigenvalue weighted by Gasteiger charge is -2.05. The van der Waals surface area contributed by atoms with Crippen LogP contribution in [-0.4, -0.2) is 32.2 Å². The zero-order valence-corrected chi connectivity index (χ0v) is 11.8. The van der Waals surface area contributed by atoms with E-state index in [1.165, 1.54) is 6.20 Å². The summed E-state index contributed by atoms with van der Waals surface area (Å²) in [6.07, 6.45) is 4.76. The van der Waals surface area contributed by atoms with E-state index in [-0.39, 0.29) is 5.91 Å². The Morgan fingerprint density at radius 1 is 1.30 bits per heavy atom. The maximum Gasteiger partial charge on any atom is 0.271 e. The first-order chi connectivity index (χ1) is 9.61. The van der Waals surface area contributed by atoms with Crippen molar-refractivity contribution in [1.29, 1.82) is 0 Å². The Balaban J connectivity index is 1.96. The van der Waals surface area contributed by atoms with Gasteiger partial charge in [0, 0.05) is 31.4 Å². The summed E-state index contributed by atoms with van der Waals surface area (Å²) in [6, 6.07) is 0. The highest BCUT2D eigenvalue weighted by atomic mass is 16.1. The number of aryl methyl sites for hydroxylation is 1. The van der Waals surface area contributed by atoms with E-state index < -0.39 is 0 Å². The van der Waals surface area contributed by atoms with Crippen molar-refractivity contribution in [2.75, 3.05) is 11.9 Å². The molecule has 0 bridgehead atoms. The van der Waals surface area contributed by atoms with Crippen LogP contribution >= 0.6 is 0 Å². The van der Waals surface area contributed by atoms with Gasteiger partial charge in [-0.1, -0.05) is 0 Å². The van der Waals surface area contributed by atoms with E-state index in [0.717, 1.165) is 17.8 Å². The van der Waals surface area contributed by atoms with Gasteiger partial charge in [-0.25, -0.2) is 9.97 Å². The van der Waals surface area contributed by atoms with E-state index in [0.29, 0.717) is 18.1 Å². The molecule has 0 unspecified atom stereocenters. The van der Waals surface area contributed by atoms with Crippen LogP contribution in [0.15, 0.2) is 18.6 Å². The normalized spacial score (nSPS) is 10.3. The largest absolute Gasteiger partial charge is 0.369 e. The highest BCUT2D eigenvalue weighted by molar-refractivity contribution is 5.91. The highest BCUT2D eigenvalue weighted by Gasteiger charge is 2.09. The van der Waals surface area contributed by atoms with E-state index in [1.54, 1.807) is 17.1 Å². The quantitative estimate of drug-likeness (QED) is 0.845. The molecule has 0 aliphatic heterocycles. The van der Waals surface area contributed by atoms with Gasteiger partial charge in [-0.05, 0) is 13.8 Å². The van der Waals surface area contributed by atoms with Crippen LogP contribution in [0.4, 0.5) is 5.82 Å². The van der Waals surface area contributed by atoms with Gasteiger partial charge in [0.2, 0.25) is 0 Å². The van der Waals surface area contributed by atoms with Crippen molar-refractivity contribution in [3.63, 3.8) is 0 Å². The number of carbonyl (C=O) groups is 1. The number of anilines is 1. The summed E-state index contributed by atoms with van der Waals surface area (Å²) >= 11 is 0. The summed E-state index contributed by atoms with van der Waals surface area (Å²) in [6.45, 7) is 5.12. The Labute approximate surface area is 117 Å². The second-order valence-corrected chi connectivity index (χ2v) is 4.38. The summed E-state index contributed by atoms with van der Waals surface area (Å²) in [7, 11) is 1.87. The molecular weight excluding hydrogens is 256 g/mol. The third-order valence-corrected chi connectivity index (χ3v) is 3.02. The molecule has 20 heavy (non-hydrogen) atoms. The van der Waals surface area contributed by atoms with Crippen molar-refractivity contribution in [3.8, 4) is 0 Å². The average Bonchev–Trinajstić information content (AvgIpc) is 2.77. The molecule has 0 aromatic carbocycles. The predicted octanol–water partition coefficient (Wildman–Crippen LogP) is 0.880. The average molecular weight is 274 g/mol. The predicted molar refractivity (Wildman–Crippen MR) is 75.3 cm³/mol. The number of amides is 1. The summed E-state index contributed by atoms with van der Waals surface area (Å²) in [5.74, 6) is 0.413. The fraction of sp³-hybridized carbons (Fsp3) is 0.385. The molecule has 2 heterocycles. The van der Waals surface area contributed by atoms with E-state index in [1.807, 2.05) is 20.9 Å². The molecule has 106 valence electrons. The molecule has 2 aromatic heterocycles. The fourth-order valence-corrected chi connectivity index (χ4v) is 1.70. The van der Waals surface area contributed by atoms with E-state index >= 15 is 0 Å². The van der Waals surface area contributed by atoms with Crippen LogP contribution in [0.2, 0.25) is 0 Å². The summed E-state index contributed by atoms with van der Waals surface area (Å²) in [4.78, 5) is 20.1. The van der Waals surface area contributed by atoms with E-state index in [2.05, 4.69) is 25.7 Å². The minimum absolute atomic E-state index is 0.246. The van der Waals surface area contributed by atoms with Crippen LogP contribution in [0.25, 0.3) is 0 Å². The van der Waals surface area contributed by atoms with Crippen molar-refractivity contribution in [3.05, 3.63) is 35.5 Å². The molecule has 0 aliphatic carbocycles. The monoisotopic (exact) mass is 274 g/mol. The maximum atomic E-state index is 11.9. The number of hydrogen-bond donors (Lipinski definition) is 2. The maximum absolute atomic E-state index is 11.9. The molecule has 1 amide bonds. The number of hydrogen-bond acceptors (Lipinski definition) is 5. The molecule has 7 heteroatoms. The molecular formula is C13H18N6O. The molecule has 0 saturated heterocycles. The van der Waals surface area contributed by atoms with E-state index in [4.69, 9.17) is 0 Å². The smallest absolute Gasteiger partial charge is 0.271 e. The Morgan fingerprint density at radius 3 is 2.65 bits per heavy atom. The Morgan fingerprint density at radius 2 is 2.10 bits per heavy atom. The van der Waals surface area contributed by atoms with Crippen LogP contribution in [0.5, 0.6) is 0 Å². The second-order valence-electron chi connectivity index (χ2n) is 4.38. The van der Waals surface area contributed by atoms with Crippen molar-refractivity contribution in [2.24, 2.45) is 7.05 Å². The molecule has 0 aliphatic rings. The summed E-state index contributed by atoms with van der Waals surface area (Å²) < 4.78 is 1.77. The topological polar surface area (TPSA) is 84.7 Å². The number of nitrogens with one attached hydrogen (secondary N) is 2. The van der Waals surface area contributed by atoms with Crippen molar-refractivity contribution >= 4 is 11.7 Å². The molecule has 2 N–H and O–H groups in total. The van der Waals surface area contributed by atoms with Gasteiger partial charge < -0.3 is 10.6 Å². The molecule has 2 rings (SSSR count). The van der Waals surface area contributed by atoms with Crippen LogP contribution < -0.4 is 10.6 Å².